The van der Waals surface area contributed by atoms with Crippen molar-refractivity contribution in [3.63, 3.8) is 0 Å². The Bertz CT molecular complexity index is 383. The molecule has 0 aliphatic carbocycles. The van der Waals surface area contributed by atoms with Gasteiger partial charge in [-0.25, -0.2) is 0 Å². The maximum atomic E-state index is 11.8. The van der Waals surface area contributed by atoms with Crippen LogP contribution >= 0.6 is 0 Å². The zero-order chi connectivity index (χ0) is 13.0. The first-order valence-corrected chi connectivity index (χ1v) is 6.43. The van der Waals surface area contributed by atoms with E-state index in [0.29, 0.717) is 19.0 Å². The highest BCUT2D eigenvalue weighted by atomic mass is 16.2. The first-order chi connectivity index (χ1) is 8.65. The summed E-state index contributed by atoms with van der Waals surface area (Å²) in [5, 5.41) is 2.93. The van der Waals surface area contributed by atoms with Crippen LogP contribution in [0.5, 0.6) is 0 Å². The van der Waals surface area contributed by atoms with E-state index in [9.17, 15) is 4.79 Å². The zero-order valence-electron chi connectivity index (χ0n) is 10.8. The van der Waals surface area contributed by atoms with E-state index in [1.807, 2.05) is 30.3 Å². The number of rotatable bonds is 4. The van der Waals surface area contributed by atoms with Crippen molar-refractivity contribution < 1.29 is 4.79 Å². The van der Waals surface area contributed by atoms with Gasteiger partial charge in [0.15, 0.2) is 0 Å². The number of carbonyl (C=O) groups excluding carboxylic acids is 1. The van der Waals surface area contributed by atoms with Crippen LogP contribution in [0.3, 0.4) is 0 Å². The lowest BCUT2D eigenvalue weighted by molar-refractivity contribution is -0.122. The fourth-order valence-corrected chi connectivity index (χ4v) is 2.28. The average molecular weight is 247 g/mol. The van der Waals surface area contributed by atoms with E-state index in [-0.39, 0.29) is 11.9 Å². The number of nitrogens with zero attached hydrogens (tertiary/aromatic N) is 1. The molecule has 2 rings (SSSR count). The number of carbonyl (C=O) groups is 1. The summed E-state index contributed by atoms with van der Waals surface area (Å²) in [7, 11) is 0. The van der Waals surface area contributed by atoms with Gasteiger partial charge in [-0.15, -0.1) is 0 Å². The predicted molar refractivity (Wildman–Crippen MR) is 71.9 cm³/mol. The third-order valence-corrected chi connectivity index (χ3v) is 3.45. The molecule has 1 aromatic carbocycles. The van der Waals surface area contributed by atoms with Gasteiger partial charge in [0.2, 0.25) is 5.91 Å². The lowest BCUT2D eigenvalue weighted by Crippen LogP contribution is -2.37. The molecule has 2 unspecified atom stereocenters. The molecule has 1 heterocycles. The topological polar surface area (TPSA) is 58.4 Å². The van der Waals surface area contributed by atoms with Gasteiger partial charge in [-0.05, 0) is 11.5 Å². The average Bonchev–Trinajstić information content (AvgIpc) is 2.67. The minimum Gasteiger partial charge on any atom is -0.351 e. The SMILES string of the molecule is CC1CN(CC(=O)NCc2ccccc2)CC1N. The molecule has 2 atom stereocenters. The van der Waals surface area contributed by atoms with Crippen molar-refractivity contribution in [3.05, 3.63) is 35.9 Å². The fraction of sp³-hybridized carbons (Fsp3) is 0.500. The van der Waals surface area contributed by atoms with Crippen molar-refractivity contribution in [3.8, 4) is 0 Å². The first kappa shape index (κ1) is 13.1. The van der Waals surface area contributed by atoms with Crippen molar-refractivity contribution in [2.24, 2.45) is 11.7 Å². The Morgan fingerprint density at radius 3 is 2.72 bits per heavy atom. The summed E-state index contributed by atoms with van der Waals surface area (Å²) in [4.78, 5) is 13.9. The molecule has 0 radical (unpaired) electrons. The normalized spacial score (nSPS) is 24.1. The molecule has 98 valence electrons. The number of hydrogen-bond donors (Lipinski definition) is 2. The zero-order valence-corrected chi connectivity index (χ0v) is 10.8. The Morgan fingerprint density at radius 2 is 2.11 bits per heavy atom. The Kier molecular flexibility index (Phi) is 4.33. The van der Waals surface area contributed by atoms with Crippen LogP contribution in [0.4, 0.5) is 0 Å². The summed E-state index contributed by atoms with van der Waals surface area (Å²) in [6, 6.07) is 10.1. The maximum Gasteiger partial charge on any atom is 0.234 e. The van der Waals surface area contributed by atoms with E-state index >= 15 is 0 Å². The molecular formula is C14H21N3O. The van der Waals surface area contributed by atoms with Crippen molar-refractivity contribution in [1.82, 2.24) is 10.2 Å². The van der Waals surface area contributed by atoms with Crippen molar-refractivity contribution in [1.29, 1.82) is 0 Å². The van der Waals surface area contributed by atoms with Crippen LogP contribution in [0, 0.1) is 5.92 Å². The number of nitrogens with two attached hydrogens (primary N) is 1. The summed E-state index contributed by atoms with van der Waals surface area (Å²) >= 11 is 0. The molecule has 0 saturated carbocycles. The molecule has 0 bridgehead atoms. The van der Waals surface area contributed by atoms with Gasteiger partial charge in [-0.3, -0.25) is 9.69 Å². The molecule has 1 saturated heterocycles. The molecule has 3 N–H and O–H groups in total. The number of nitrogens with one attached hydrogen (secondary N) is 1. The molecule has 1 aliphatic rings. The molecule has 1 aliphatic heterocycles. The van der Waals surface area contributed by atoms with Gasteiger partial charge in [0.1, 0.15) is 0 Å². The molecule has 4 nitrogen and oxygen atoms in total. The number of hydrogen-bond acceptors (Lipinski definition) is 3. The van der Waals surface area contributed by atoms with E-state index in [0.717, 1.165) is 18.7 Å². The monoisotopic (exact) mass is 247 g/mol. The second-order valence-electron chi connectivity index (χ2n) is 5.10. The van der Waals surface area contributed by atoms with Crippen LogP contribution in [0.1, 0.15) is 12.5 Å². The number of likely N-dealkylation sites (tertiary alicyclic amines) is 1. The van der Waals surface area contributed by atoms with Gasteiger partial charge in [0, 0.05) is 25.7 Å². The van der Waals surface area contributed by atoms with Gasteiger partial charge in [-0.1, -0.05) is 37.3 Å². The maximum absolute atomic E-state index is 11.8. The van der Waals surface area contributed by atoms with Crippen molar-refractivity contribution >= 4 is 5.91 Å². The molecule has 4 heteroatoms. The van der Waals surface area contributed by atoms with Crippen LogP contribution < -0.4 is 11.1 Å². The Labute approximate surface area is 108 Å². The van der Waals surface area contributed by atoms with Gasteiger partial charge in [0.25, 0.3) is 0 Å². The summed E-state index contributed by atoms with van der Waals surface area (Å²) in [5.74, 6) is 0.548. The van der Waals surface area contributed by atoms with Gasteiger partial charge >= 0.3 is 0 Å². The van der Waals surface area contributed by atoms with Crippen LogP contribution in [0.15, 0.2) is 30.3 Å². The van der Waals surface area contributed by atoms with Crippen LogP contribution in [-0.2, 0) is 11.3 Å². The van der Waals surface area contributed by atoms with E-state index in [1.54, 1.807) is 0 Å². The van der Waals surface area contributed by atoms with Crippen LogP contribution in [0.25, 0.3) is 0 Å². The predicted octanol–water partition coefficient (Wildman–Crippen LogP) is 0.582. The smallest absolute Gasteiger partial charge is 0.234 e. The second-order valence-corrected chi connectivity index (χ2v) is 5.10. The lowest BCUT2D eigenvalue weighted by atomic mass is 10.1. The molecule has 18 heavy (non-hydrogen) atoms. The summed E-state index contributed by atoms with van der Waals surface area (Å²) in [6.07, 6.45) is 0. The van der Waals surface area contributed by atoms with E-state index in [1.165, 1.54) is 0 Å². The third-order valence-electron chi connectivity index (χ3n) is 3.45. The van der Waals surface area contributed by atoms with Crippen molar-refractivity contribution in [2.75, 3.05) is 19.6 Å². The molecule has 0 aromatic heterocycles. The number of benzene rings is 1. The molecular weight excluding hydrogens is 226 g/mol. The molecule has 1 amide bonds. The van der Waals surface area contributed by atoms with Crippen molar-refractivity contribution in [2.45, 2.75) is 19.5 Å². The highest BCUT2D eigenvalue weighted by molar-refractivity contribution is 5.78. The minimum absolute atomic E-state index is 0.0696. The van der Waals surface area contributed by atoms with Gasteiger partial charge in [-0.2, -0.15) is 0 Å². The van der Waals surface area contributed by atoms with Crippen LogP contribution in [0.2, 0.25) is 0 Å². The largest absolute Gasteiger partial charge is 0.351 e. The second kappa shape index (κ2) is 5.98. The summed E-state index contributed by atoms with van der Waals surface area (Å²) < 4.78 is 0. The van der Waals surface area contributed by atoms with E-state index in [4.69, 9.17) is 5.73 Å². The highest BCUT2D eigenvalue weighted by Crippen LogP contribution is 2.13. The molecule has 0 spiro atoms. The summed E-state index contributed by atoms with van der Waals surface area (Å²) in [5.41, 5.74) is 7.06. The summed E-state index contributed by atoms with van der Waals surface area (Å²) in [6.45, 7) is 4.91. The Morgan fingerprint density at radius 1 is 1.39 bits per heavy atom. The standard InChI is InChI=1S/C14H21N3O/c1-11-8-17(9-13(11)15)10-14(18)16-7-12-5-3-2-4-6-12/h2-6,11,13H,7-10,15H2,1H3,(H,16,18). The number of amides is 1. The van der Waals surface area contributed by atoms with Crippen LogP contribution in [-0.4, -0.2) is 36.5 Å². The Hall–Kier alpha value is -1.39. The highest BCUT2D eigenvalue weighted by Gasteiger charge is 2.27. The van der Waals surface area contributed by atoms with Gasteiger partial charge < -0.3 is 11.1 Å². The minimum atomic E-state index is 0.0696. The third kappa shape index (κ3) is 3.55. The van der Waals surface area contributed by atoms with Gasteiger partial charge in [0.05, 0.1) is 6.54 Å². The van der Waals surface area contributed by atoms with E-state index < -0.39 is 0 Å². The molecule has 1 fully saturated rings. The first-order valence-electron chi connectivity index (χ1n) is 6.43. The molecule has 1 aromatic rings. The Balaban J connectivity index is 1.73. The lowest BCUT2D eigenvalue weighted by Gasteiger charge is -2.14. The fourth-order valence-electron chi connectivity index (χ4n) is 2.28. The quantitative estimate of drug-likeness (QED) is 0.818. The van der Waals surface area contributed by atoms with E-state index in [2.05, 4.69) is 17.1 Å².